The van der Waals surface area contributed by atoms with E-state index in [1.807, 2.05) is 0 Å². The van der Waals surface area contributed by atoms with E-state index in [1.54, 1.807) is 0 Å². The molecular formula is C71H89N7O46S3. The number of anilines is 5. The van der Waals surface area contributed by atoms with Crippen molar-refractivity contribution < 1.29 is 222 Å². The average molecular weight is 1870 g/mol. The first kappa shape index (κ1) is 95.7. The molecule has 28 N–H and O–H groups in total. The van der Waals surface area contributed by atoms with Gasteiger partial charge in [0.1, 0.15) is 187 Å². The first-order valence-corrected chi connectivity index (χ1v) is 42.8. The molecule has 4 aromatic carbocycles. The number of aliphatic hydroxyl groups excluding tert-OH is 20. The van der Waals surface area contributed by atoms with Crippen LogP contribution in [0.4, 0.5) is 34.4 Å². The molecule has 0 radical (unpaired) electrons. The Balaban J connectivity index is 0.806. The maximum absolute atomic E-state index is 14.2. The van der Waals surface area contributed by atoms with E-state index in [1.165, 1.54) is 24.3 Å². The van der Waals surface area contributed by atoms with Crippen LogP contribution in [0.2, 0.25) is 0 Å². The molecule has 0 unspecified atom stereocenters. The van der Waals surface area contributed by atoms with Crippen molar-refractivity contribution in [2.24, 2.45) is 4.99 Å². The number of aromatic amines is 1. The van der Waals surface area contributed by atoms with E-state index in [2.05, 4.69) is 30.6 Å². The number of H-pyrrole nitrogens is 1. The van der Waals surface area contributed by atoms with E-state index in [-0.39, 0.29) is 16.8 Å². The number of nitrogen functional groups attached to an aromatic ring is 1. The number of nitrogens with zero attached hydrogens (tertiary/aromatic N) is 3. The molecule has 127 heavy (non-hydrogen) atoms. The number of nitrogens with two attached hydrogens (primary N) is 1. The summed E-state index contributed by atoms with van der Waals surface area (Å²) in [6, 6.07) is 11.7. The van der Waals surface area contributed by atoms with Crippen molar-refractivity contribution in [1.29, 1.82) is 0 Å². The maximum atomic E-state index is 14.2. The molecule has 0 amide bonds. The van der Waals surface area contributed by atoms with Crippen LogP contribution in [-0.4, -0.2) is 429 Å². The standard InChI is InChI=1S/C71H89N7O46S3/c72-38-35(127(107,108)109)12-26(36-37(38)40(86)24-4-2-1-3-23(24)39(36)85)73-21-7-10-25(34(11-21)126(104,105)106)75-70-76-69(74-20-5-8-22(9-6-20)125(101,102)103)77-71(78-70)110-19-33-61-47(93)54(100)68(117-33)123-60-32(18-84)115-66(52(98)45(60)91)121-58-30(16-82)113-64(50(96)43(58)89)119-56-28(14-80)111-62(48(94)41(56)87)118-55-27(13-79)112-63(49(95)42(55)88)120-57-29(15-81)114-65(51(97)44(57)90)122-59-31(17-83)116-67(124-61)53(99)46(59)92/h1-12,27-33,41-68,73,79-84,87-100H,13-19,72H2,(H,101,102,103)(H,104,105,106)(H,107,108,109)(H2,74,75,76,77,78)/t27-,28-,29-,30-,31-,32-,33-,41-,42-,43-,44-,45-,46-,47-,48-,49-,50-,51-,52-,53-,54-,55-,56-,57-,58-,59-,60-,61-,62-,63-,64-,65-,66-,67-,68-/m1/s1. The van der Waals surface area contributed by atoms with Crippen molar-refractivity contribution in [2.45, 2.75) is 230 Å². The van der Waals surface area contributed by atoms with Gasteiger partial charge in [-0.3, -0.25) is 28.2 Å². The van der Waals surface area contributed by atoms with Gasteiger partial charge in [-0.15, -0.1) is 0 Å². The van der Waals surface area contributed by atoms with Crippen LogP contribution in [-0.2, 0) is 96.7 Å². The molecule has 21 fully saturated rings. The van der Waals surface area contributed by atoms with E-state index in [4.69, 9.17) is 76.8 Å². The normalized spacial score (nSPS) is 39.0. The first-order chi connectivity index (χ1) is 60.1. The fraction of sp³-hybridized carbons (Fsp3) is 0.592. The van der Waals surface area contributed by atoms with Gasteiger partial charge in [-0.2, -0.15) is 35.2 Å². The van der Waals surface area contributed by atoms with E-state index >= 15 is 0 Å². The number of fused-ring (bicyclic) bond motifs is 2. The molecule has 5 aromatic rings. The highest BCUT2D eigenvalue weighted by Crippen LogP contribution is 2.44. The van der Waals surface area contributed by atoms with Gasteiger partial charge >= 0.3 is 0 Å². The van der Waals surface area contributed by atoms with Crippen LogP contribution in [0.25, 0.3) is 0 Å². The second kappa shape index (κ2) is 38.4. The quantitative estimate of drug-likeness (QED) is 0.0298. The van der Waals surface area contributed by atoms with Crippen molar-refractivity contribution in [1.82, 2.24) is 15.0 Å². The third-order valence-electron chi connectivity index (χ3n) is 22.3. The summed E-state index contributed by atoms with van der Waals surface area (Å²) >= 11 is 0. The van der Waals surface area contributed by atoms with Gasteiger partial charge < -0.3 is 190 Å². The zero-order valence-electron chi connectivity index (χ0n) is 64.9. The Morgan fingerprint density at radius 2 is 0.701 bits per heavy atom. The lowest BCUT2D eigenvalue weighted by atomic mass is 9.82. The average Bonchev–Trinajstić information content (AvgIpc) is 0.734. The van der Waals surface area contributed by atoms with Crippen LogP contribution in [0.5, 0.6) is 6.01 Å². The molecule has 53 nitrogen and oxygen atoms in total. The SMILES string of the molecule is Nc1c(S(=O)(=O)O)cc(Nc2ccc(N=c3nc(Nc4ccc(S(=O)(=O)O)cc4)nc(OC[C@H]4O[C@@H]5O[C@H]6[C@H](O)[C@@H](O)[C@@H](O[C@H]7[C@H](O)[C@@H](O)[C@@H](O[C@H]8[C@H](O)[C@@H](O)[C@@H](O[C@H]9[C@H](O)[C@@H](O)[C@@H](O[C@H]%10[C@H](O)[C@@H](O)[C@@H](O[C@H]%11[C@H](O)[C@@H](O)[C@@H](O[C@H]4[C@H](O)[C@H]5O)O[C@@H]%11CO)O[C@@H]%10CO)O[C@@H]9CO)O[C@@H]8CO)O[C@@H]7CO)O[C@@H]6CO)[nH]3)c(S(=O)(=O)O)c2)c2c1C(=O)c1ccccc1C2=O. The summed E-state index contributed by atoms with van der Waals surface area (Å²) in [4.78, 5) is 40.5. The predicted molar refractivity (Wildman–Crippen MR) is 402 cm³/mol. The van der Waals surface area contributed by atoms with Gasteiger partial charge in [0, 0.05) is 22.5 Å². The lowest BCUT2D eigenvalue weighted by Gasteiger charge is -2.50. The van der Waals surface area contributed by atoms with E-state index in [0.29, 0.717) is 12.1 Å². The van der Waals surface area contributed by atoms with Gasteiger partial charge in [-0.05, 0) is 48.5 Å². The largest absolute Gasteiger partial charge is 0.462 e. The zero-order valence-corrected chi connectivity index (χ0v) is 67.4. The predicted octanol–water partition coefficient (Wildman–Crippen LogP) is -12.2. The Kier molecular flexibility index (Phi) is 28.9. The number of ether oxygens (including phenoxy) is 15. The summed E-state index contributed by atoms with van der Waals surface area (Å²) < 4.78 is 195. The number of hydrogen-bond donors (Lipinski definition) is 27. The van der Waals surface area contributed by atoms with Crippen LogP contribution in [0.15, 0.2) is 92.5 Å². The van der Waals surface area contributed by atoms with E-state index in [0.717, 1.165) is 36.4 Å². The van der Waals surface area contributed by atoms with Crippen molar-refractivity contribution in [3.8, 4) is 6.01 Å². The van der Waals surface area contributed by atoms with Gasteiger partial charge in [0.15, 0.2) is 55.6 Å². The number of carbonyl (C=O) groups is 2. The van der Waals surface area contributed by atoms with Crippen molar-refractivity contribution in [2.75, 3.05) is 62.6 Å². The molecular weight excluding hydrogens is 1780 g/mol. The molecule has 56 heteroatoms. The molecule has 22 aliphatic rings. The Morgan fingerprint density at radius 1 is 0.378 bits per heavy atom. The monoisotopic (exact) mass is 1870 g/mol. The minimum absolute atomic E-state index is 0.0922. The number of rotatable bonds is 17. The van der Waals surface area contributed by atoms with Crippen molar-refractivity contribution >= 4 is 76.3 Å². The fourth-order valence-corrected chi connectivity index (χ4v) is 17.5. The molecule has 21 saturated heterocycles. The highest BCUT2D eigenvalue weighted by atomic mass is 32.2. The number of nitrogens with one attached hydrogen (secondary N) is 3. The highest BCUT2D eigenvalue weighted by Gasteiger charge is 2.60. The lowest BCUT2D eigenvalue weighted by Crippen LogP contribution is -2.68. The molecule has 22 heterocycles. The van der Waals surface area contributed by atoms with Crippen molar-refractivity contribution in [3.63, 3.8) is 0 Å². The first-order valence-electron chi connectivity index (χ1n) is 38.5. The van der Waals surface area contributed by atoms with Crippen LogP contribution in [0.3, 0.4) is 0 Å². The van der Waals surface area contributed by atoms with Gasteiger partial charge in [0.05, 0.1) is 72.7 Å². The highest BCUT2D eigenvalue weighted by molar-refractivity contribution is 7.86. The molecule has 1 aliphatic carbocycles. The third kappa shape index (κ3) is 19.2. The molecule has 0 saturated carbocycles. The molecule has 21 aliphatic heterocycles. The lowest BCUT2D eigenvalue weighted by molar-refractivity contribution is -0.396. The minimum Gasteiger partial charge on any atom is -0.462 e. The van der Waals surface area contributed by atoms with Crippen LogP contribution in [0, 0.1) is 0 Å². The van der Waals surface area contributed by atoms with E-state index < -0.39 is 369 Å². The van der Waals surface area contributed by atoms with Crippen LogP contribution < -0.4 is 26.7 Å². The van der Waals surface area contributed by atoms with Gasteiger partial charge in [0.2, 0.25) is 11.6 Å². The Morgan fingerprint density at radius 3 is 1.03 bits per heavy atom. The number of carbonyl (C=O) groups excluding carboxylic acids is 2. The van der Waals surface area contributed by atoms with Gasteiger partial charge in [-0.25, -0.2) is 4.99 Å². The second-order valence-corrected chi connectivity index (χ2v) is 34.6. The van der Waals surface area contributed by atoms with Crippen molar-refractivity contribution in [3.05, 3.63) is 101 Å². The van der Waals surface area contributed by atoms with E-state index in [9.17, 15) is 151 Å². The molecule has 702 valence electrons. The third-order valence-corrected chi connectivity index (χ3v) is 24.9. The number of aromatic nitrogens is 3. The number of aliphatic hydroxyl groups is 20. The Bertz CT molecular complexity index is 5200. The Hall–Kier alpha value is -7.40. The Labute approximate surface area is 713 Å². The fourth-order valence-electron chi connectivity index (χ4n) is 15.7. The summed E-state index contributed by atoms with van der Waals surface area (Å²) in [5, 5.41) is 234. The summed E-state index contributed by atoms with van der Waals surface area (Å²) in [7, 11) is -15.7. The molecule has 27 rings (SSSR count). The topological polar surface area (TPSA) is 844 Å². The van der Waals surface area contributed by atoms with Gasteiger partial charge in [-0.1, -0.05) is 24.3 Å². The molecule has 14 bridgehead atoms. The zero-order chi connectivity index (χ0) is 91.8. The number of benzene rings is 4. The second-order valence-electron chi connectivity index (χ2n) is 30.4. The molecule has 35 atom stereocenters. The summed E-state index contributed by atoms with van der Waals surface area (Å²) in [6.45, 7) is -8.25. The number of hydrogen-bond acceptors (Lipinski definition) is 49. The minimum atomic E-state index is -5.53. The molecule has 1 aromatic heterocycles. The summed E-state index contributed by atoms with van der Waals surface area (Å²) in [6.07, 6.45) is -77.1. The smallest absolute Gasteiger partial charge is 0.299 e. The summed E-state index contributed by atoms with van der Waals surface area (Å²) in [5.74, 6) is -2.50. The maximum Gasteiger partial charge on any atom is 0.299 e. The van der Waals surface area contributed by atoms with Crippen LogP contribution in [0.1, 0.15) is 31.8 Å². The van der Waals surface area contributed by atoms with Crippen LogP contribution >= 0.6 is 0 Å². The summed E-state index contributed by atoms with van der Waals surface area (Å²) in [5.41, 5.74) is 1.13. The van der Waals surface area contributed by atoms with Gasteiger partial charge in [0.25, 0.3) is 36.4 Å². The number of ketones is 2. The molecule has 0 spiro atoms.